The molecule has 0 fully saturated rings. The van der Waals surface area contributed by atoms with Crippen LogP contribution in [0.25, 0.3) is 10.9 Å². The number of aliphatic hydroxyl groups excluding tert-OH is 1. The number of aromatic amines is 1. The third-order valence-corrected chi connectivity index (χ3v) is 5.43. The third kappa shape index (κ3) is 3.98. The fourth-order valence-electron chi connectivity index (χ4n) is 2.96. The highest BCUT2D eigenvalue weighted by atomic mass is 79.9. The fraction of sp³-hybridized carbons (Fsp3) is 0.250. The number of ketones is 1. The Kier molecular flexibility index (Phi) is 6.09. The minimum absolute atomic E-state index is 0.109. The van der Waals surface area contributed by atoms with Crippen LogP contribution in [0.15, 0.2) is 36.5 Å². The quantitative estimate of drug-likeness (QED) is 0.398. The smallest absolute Gasteiger partial charge is 0.183 e. The molecule has 142 valence electrons. The van der Waals surface area contributed by atoms with Gasteiger partial charge in [-0.2, -0.15) is 0 Å². The molecule has 5 nitrogen and oxygen atoms in total. The van der Waals surface area contributed by atoms with E-state index in [1.165, 1.54) is 0 Å². The van der Waals surface area contributed by atoms with Crippen molar-refractivity contribution in [1.29, 1.82) is 0 Å². The number of H-pyrrole nitrogens is 1. The zero-order valence-corrected chi connectivity index (χ0v) is 17.2. The molecule has 0 saturated carbocycles. The van der Waals surface area contributed by atoms with E-state index in [-0.39, 0.29) is 19.0 Å². The number of aromatic nitrogens is 1. The number of hydrogen-bond acceptors (Lipinski definition) is 4. The first kappa shape index (κ1) is 19.7. The summed E-state index contributed by atoms with van der Waals surface area (Å²) in [4.78, 5) is 15.7. The first-order chi connectivity index (χ1) is 13.0. The molecule has 0 amide bonds. The summed E-state index contributed by atoms with van der Waals surface area (Å²) in [6.07, 6.45) is 1.70. The monoisotopic (exact) mass is 451 g/mol. The molecule has 3 aromatic rings. The van der Waals surface area contributed by atoms with Gasteiger partial charge in [0, 0.05) is 39.3 Å². The number of ether oxygens (including phenoxy) is 2. The van der Waals surface area contributed by atoms with Crippen molar-refractivity contribution in [2.75, 3.05) is 20.3 Å². The average molecular weight is 453 g/mol. The van der Waals surface area contributed by atoms with Crippen LogP contribution in [0.1, 0.15) is 26.3 Å². The van der Waals surface area contributed by atoms with Crippen LogP contribution in [0.5, 0.6) is 11.5 Å². The fourth-order valence-corrected chi connectivity index (χ4v) is 3.74. The summed E-state index contributed by atoms with van der Waals surface area (Å²) in [6, 6.07) is 8.90. The van der Waals surface area contributed by atoms with Crippen molar-refractivity contribution in [3.8, 4) is 11.5 Å². The Morgan fingerprint density at radius 3 is 2.78 bits per heavy atom. The molecule has 1 heterocycles. The average Bonchev–Trinajstić information content (AvgIpc) is 3.07. The number of alkyl halides is 1. The molecule has 1 unspecified atom stereocenters. The predicted molar refractivity (Wildman–Crippen MR) is 110 cm³/mol. The van der Waals surface area contributed by atoms with Crippen molar-refractivity contribution in [1.82, 2.24) is 4.98 Å². The minimum Gasteiger partial charge on any atom is -0.496 e. The van der Waals surface area contributed by atoms with Gasteiger partial charge in [0.2, 0.25) is 0 Å². The van der Waals surface area contributed by atoms with E-state index < -0.39 is 4.83 Å². The molecule has 0 bridgehead atoms. The number of nitrogens with one attached hydrogen (secondary N) is 1. The van der Waals surface area contributed by atoms with Crippen molar-refractivity contribution >= 4 is 44.2 Å². The van der Waals surface area contributed by atoms with Crippen LogP contribution in [0.4, 0.5) is 0 Å². The second kappa shape index (κ2) is 8.33. The standard InChI is InChI=1S/C20H19BrClNO4/c1-11-7-14-15(10-23-16(14)9-17(11)26-2)20(25)19(21)13-4-3-12(22)8-18(13)27-6-5-24/h3-4,7-10,19,23-24H,5-6H2,1-2H3. The minimum atomic E-state index is -0.620. The molecule has 7 heteroatoms. The molecule has 2 N–H and O–H groups in total. The van der Waals surface area contributed by atoms with Gasteiger partial charge in [0.15, 0.2) is 5.78 Å². The lowest BCUT2D eigenvalue weighted by molar-refractivity contribution is 0.0991. The number of rotatable bonds is 7. The molecular weight excluding hydrogens is 434 g/mol. The van der Waals surface area contributed by atoms with Crippen LogP contribution in [0.3, 0.4) is 0 Å². The maximum atomic E-state index is 13.2. The number of hydrogen-bond donors (Lipinski definition) is 2. The van der Waals surface area contributed by atoms with E-state index in [0.29, 0.717) is 21.9 Å². The summed E-state index contributed by atoms with van der Waals surface area (Å²) in [5, 5.41) is 10.3. The van der Waals surface area contributed by atoms with Gasteiger partial charge in [-0.1, -0.05) is 33.6 Å². The van der Waals surface area contributed by atoms with Gasteiger partial charge in [-0.15, -0.1) is 0 Å². The molecule has 0 spiro atoms. The van der Waals surface area contributed by atoms with Gasteiger partial charge in [-0.05, 0) is 30.7 Å². The Bertz CT molecular complexity index is 986. The van der Waals surface area contributed by atoms with E-state index in [1.807, 2.05) is 19.1 Å². The number of benzene rings is 2. The van der Waals surface area contributed by atoms with Crippen molar-refractivity contribution < 1.29 is 19.4 Å². The van der Waals surface area contributed by atoms with E-state index in [4.69, 9.17) is 26.2 Å². The zero-order chi connectivity index (χ0) is 19.6. The highest BCUT2D eigenvalue weighted by Crippen LogP contribution is 2.37. The van der Waals surface area contributed by atoms with E-state index in [9.17, 15) is 4.79 Å². The van der Waals surface area contributed by atoms with Crippen molar-refractivity contribution in [3.05, 3.63) is 58.2 Å². The molecule has 1 atom stereocenters. The molecule has 0 radical (unpaired) electrons. The van der Waals surface area contributed by atoms with Crippen LogP contribution in [0.2, 0.25) is 5.02 Å². The molecule has 27 heavy (non-hydrogen) atoms. The van der Waals surface area contributed by atoms with Crippen LogP contribution in [-0.2, 0) is 0 Å². The number of Topliss-reactive ketones (excluding diaryl/α,β-unsaturated/α-hetero) is 1. The highest BCUT2D eigenvalue weighted by Gasteiger charge is 2.25. The number of carbonyl (C=O) groups is 1. The van der Waals surface area contributed by atoms with E-state index in [0.717, 1.165) is 22.2 Å². The maximum absolute atomic E-state index is 13.2. The Morgan fingerprint density at radius 2 is 2.07 bits per heavy atom. The largest absolute Gasteiger partial charge is 0.496 e. The van der Waals surface area contributed by atoms with Crippen molar-refractivity contribution in [2.24, 2.45) is 0 Å². The van der Waals surface area contributed by atoms with Gasteiger partial charge in [-0.25, -0.2) is 0 Å². The molecular formula is C20H19BrClNO4. The third-order valence-electron chi connectivity index (χ3n) is 4.29. The SMILES string of the molecule is COc1cc2[nH]cc(C(=O)C(Br)c3ccc(Cl)cc3OCCO)c2cc1C. The summed E-state index contributed by atoms with van der Waals surface area (Å²) in [7, 11) is 1.62. The van der Waals surface area contributed by atoms with Crippen LogP contribution in [0, 0.1) is 6.92 Å². The first-order valence-corrected chi connectivity index (χ1v) is 9.62. The number of aryl methyl sites for hydroxylation is 1. The summed E-state index contributed by atoms with van der Waals surface area (Å²) in [6.45, 7) is 1.93. The maximum Gasteiger partial charge on any atom is 0.183 e. The Hall–Kier alpha value is -2.02. The topological polar surface area (TPSA) is 71.6 Å². The number of methoxy groups -OCH3 is 1. The van der Waals surface area contributed by atoms with Crippen molar-refractivity contribution in [2.45, 2.75) is 11.8 Å². The number of halogens is 2. The second-order valence-electron chi connectivity index (χ2n) is 6.05. The van der Waals surface area contributed by atoms with Gasteiger partial charge in [0.25, 0.3) is 0 Å². The summed E-state index contributed by atoms with van der Waals surface area (Å²) in [5.74, 6) is 1.11. The number of carbonyl (C=O) groups excluding carboxylic acids is 1. The second-order valence-corrected chi connectivity index (χ2v) is 7.40. The highest BCUT2D eigenvalue weighted by molar-refractivity contribution is 9.09. The van der Waals surface area contributed by atoms with Gasteiger partial charge >= 0.3 is 0 Å². The summed E-state index contributed by atoms with van der Waals surface area (Å²) >= 11 is 9.54. The predicted octanol–water partition coefficient (Wildman–Crippen LogP) is 4.83. The van der Waals surface area contributed by atoms with Crippen LogP contribution in [-0.4, -0.2) is 36.2 Å². The van der Waals surface area contributed by atoms with E-state index >= 15 is 0 Å². The number of fused-ring (bicyclic) bond motifs is 1. The molecule has 2 aromatic carbocycles. The Labute approximate surface area is 170 Å². The number of aliphatic hydroxyl groups is 1. The molecule has 0 aliphatic rings. The first-order valence-electron chi connectivity index (χ1n) is 8.33. The Morgan fingerprint density at radius 1 is 1.30 bits per heavy atom. The summed E-state index contributed by atoms with van der Waals surface area (Å²) < 4.78 is 10.9. The summed E-state index contributed by atoms with van der Waals surface area (Å²) in [5.41, 5.74) is 3.00. The van der Waals surface area contributed by atoms with Crippen LogP contribution >= 0.6 is 27.5 Å². The normalized spacial score (nSPS) is 12.2. The van der Waals surface area contributed by atoms with Gasteiger partial charge < -0.3 is 19.6 Å². The van der Waals surface area contributed by atoms with E-state index in [2.05, 4.69) is 20.9 Å². The lowest BCUT2D eigenvalue weighted by Crippen LogP contribution is -2.10. The van der Waals surface area contributed by atoms with E-state index in [1.54, 1.807) is 31.5 Å². The Balaban J connectivity index is 1.99. The lowest BCUT2D eigenvalue weighted by atomic mass is 10.0. The molecule has 0 aliphatic heterocycles. The lowest BCUT2D eigenvalue weighted by Gasteiger charge is -2.15. The van der Waals surface area contributed by atoms with Crippen LogP contribution < -0.4 is 9.47 Å². The van der Waals surface area contributed by atoms with Gasteiger partial charge in [-0.3, -0.25) is 4.79 Å². The van der Waals surface area contributed by atoms with Gasteiger partial charge in [0.05, 0.1) is 13.7 Å². The van der Waals surface area contributed by atoms with Gasteiger partial charge in [0.1, 0.15) is 22.9 Å². The molecule has 0 saturated heterocycles. The molecule has 3 rings (SSSR count). The zero-order valence-electron chi connectivity index (χ0n) is 14.9. The molecule has 0 aliphatic carbocycles. The van der Waals surface area contributed by atoms with Crippen molar-refractivity contribution in [3.63, 3.8) is 0 Å². The molecule has 1 aromatic heterocycles.